The molecule has 0 aliphatic heterocycles. The Morgan fingerprint density at radius 2 is 1.80 bits per heavy atom. The molecule has 2 N–H and O–H groups in total. The summed E-state index contributed by atoms with van der Waals surface area (Å²) in [6, 6.07) is 12.5. The number of nitrogens with one attached hydrogen (secondary N) is 1. The standard InChI is InChI=1S/C15H13BrClNO2/c16-13-7-12(5-6-14(13)17)15(20)18-8-10-1-3-11(9-19)4-2-10/h1-7,19H,8-9H2,(H,18,20). The van der Waals surface area contributed by atoms with Gasteiger partial charge in [0.2, 0.25) is 0 Å². The molecule has 0 bridgehead atoms. The van der Waals surface area contributed by atoms with Crippen molar-refractivity contribution < 1.29 is 9.90 Å². The Morgan fingerprint density at radius 3 is 2.40 bits per heavy atom. The van der Waals surface area contributed by atoms with Gasteiger partial charge in [-0.3, -0.25) is 4.79 Å². The average Bonchev–Trinajstić information content (AvgIpc) is 2.48. The highest BCUT2D eigenvalue weighted by Crippen LogP contribution is 2.23. The predicted octanol–water partition coefficient (Wildman–Crippen LogP) is 3.52. The highest BCUT2D eigenvalue weighted by Gasteiger charge is 2.07. The van der Waals surface area contributed by atoms with Gasteiger partial charge in [0.1, 0.15) is 0 Å². The van der Waals surface area contributed by atoms with Crippen molar-refractivity contribution in [3.8, 4) is 0 Å². The largest absolute Gasteiger partial charge is 0.392 e. The first-order chi connectivity index (χ1) is 9.60. The van der Waals surface area contributed by atoms with Gasteiger partial charge in [-0.2, -0.15) is 0 Å². The molecule has 0 saturated heterocycles. The monoisotopic (exact) mass is 353 g/mol. The van der Waals surface area contributed by atoms with Crippen molar-refractivity contribution in [3.05, 3.63) is 68.7 Å². The zero-order chi connectivity index (χ0) is 14.5. The van der Waals surface area contributed by atoms with Crippen LogP contribution in [-0.2, 0) is 13.2 Å². The molecule has 0 spiro atoms. The fraction of sp³-hybridized carbons (Fsp3) is 0.133. The fourth-order valence-corrected chi connectivity index (χ4v) is 2.18. The van der Waals surface area contributed by atoms with Crippen LogP contribution < -0.4 is 5.32 Å². The number of aliphatic hydroxyl groups is 1. The van der Waals surface area contributed by atoms with Gasteiger partial charge in [-0.05, 0) is 45.3 Å². The van der Waals surface area contributed by atoms with Gasteiger partial charge in [0.05, 0.1) is 11.6 Å². The SMILES string of the molecule is O=C(NCc1ccc(CO)cc1)c1ccc(Cl)c(Br)c1. The lowest BCUT2D eigenvalue weighted by molar-refractivity contribution is 0.0951. The van der Waals surface area contributed by atoms with Crippen LogP contribution in [0.25, 0.3) is 0 Å². The van der Waals surface area contributed by atoms with E-state index < -0.39 is 0 Å². The van der Waals surface area contributed by atoms with Crippen LogP contribution in [0.4, 0.5) is 0 Å². The van der Waals surface area contributed by atoms with Crippen molar-refractivity contribution in [2.45, 2.75) is 13.2 Å². The smallest absolute Gasteiger partial charge is 0.251 e. The Kier molecular flexibility index (Phi) is 5.17. The van der Waals surface area contributed by atoms with Crippen molar-refractivity contribution in [2.24, 2.45) is 0 Å². The summed E-state index contributed by atoms with van der Waals surface area (Å²) in [5, 5.41) is 12.4. The number of carbonyl (C=O) groups is 1. The number of carbonyl (C=O) groups excluding carboxylic acids is 1. The number of aliphatic hydroxyl groups excluding tert-OH is 1. The minimum atomic E-state index is -0.159. The lowest BCUT2D eigenvalue weighted by Crippen LogP contribution is -2.22. The summed E-state index contributed by atoms with van der Waals surface area (Å²) in [6.07, 6.45) is 0. The molecule has 104 valence electrons. The van der Waals surface area contributed by atoms with Crippen molar-refractivity contribution >= 4 is 33.4 Å². The molecule has 0 aliphatic carbocycles. The number of hydrogen-bond donors (Lipinski definition) is 2. The number of halogens is 2. The molecular weight excluding hydrogens is 342 g/mol. The highest BCUT2D eigenvalue weighted by molar-refractivity contribution is 9.10. The van der Waals surface area contributed by atoms with Crippen molar-refractivity contribution in [1.82, 2.24) is 5.32 Å². The first-order valence-electron chi connectivity index (χ1n) is 6.02. The van der Waals surface area contributed by atoms with Gasteiger partial charge in [-0.1, -0.05) is 35.9 Å². The van der Waals surface area contributed by atoms with Crippen LogP contribution in [-0.4, -0.2) is 11.0 Å². The van der Waals surface area contributed by atoms with Gasteiger partial charge < -0.3 is 10.4 Å². The van der Waals surface area contributed by atoms with Crippen molar-refractivity contribution in [2.75, 3.05) is 0 Å². The summed E-state index contributed by atoms with van der Waals surface area (Å²) in [5.74, 6) is -0.159. The van der Waals surface area contributed by atoms with E-state index >= 15 is 0 Å². The van der Waals surface area contributed by atoms with Crippen LogP contribution in [0.15, 0.2) is 46.9 Å². The van der Waals surface area contributed by atoms with E-state index in [1.807, 2.05) is 24.3 Å². The quantitative estimate of drug-likeness (QED) is 0.882. The van der Waals surface area contributed by atoms with Crippen LogP contribution in [0.2, 0.25) is 5.02 Å². The molecule has 2 aromatic rings. The van der Waals surface area contributed by atoms with Crippen LogP contribution in [0.1, 0.15) is 21.5 Å². The summed E-state index contributed by atoms with van der Waals surface area (Å²) < 4.78 is 0.694. The van der Waals surface area contributed by atoms with Crippen LogP contribution >= 0.6 is 27.5 Å². The molecule has 2 rings (SSSR count). The minimum Gasteiger partial charge on any atom is -0.392 e. The van der Waals surface area contributed by atoms with Gasteiger partial charge in [-0.25, -0.2) is 0 Å². The maximum Gasteiger partial charge on any atom is 0.251 e. The topological polar surface area (TPSA) is 49.3 Å². The van der Waals surface area contributed by atoms with E-state index in [0.29, 0.717) is 21.6 Å². The van der Waals surface area contributed by atoms with Crippen LogP contribution in [0, 0.1) is 0 Å². The molecule has 0 fully saturated rings. The second kappa shape index (κ2) is 6.88. The number of amides is 1. The second-order valence-corrected chi connectivity index (χ2v) is 5.55. The predicted molar refractivity (Wildman–Crippen MR) is 82.7 cm³/mol. The van der Waals surface area contributed by atoms with E-state index in [0.717, 1.165) is 11.1 Å². The highest BCUT2D eigenvalue weighted by atomic mass is 79.9. The minimum absolute atomic E-state index is 0.0193. The Bertz CT molecular complexity index is 614. The molecule has 0 heterocycles. The molecule has 0 unspecified atom stereocenters. The summed E-state index contributed by atoms with van der Waals surface area (Å²) >= 11 is 9.18. The van der Waals surface area contributed by atoms with Crippen molar-refractivity contribution in [3.63, 3.8) is 0 Å². The molecule has 0 atom stereocenters. The number of benzene rings is 2. The summed E-state index contributed by atoms with van der Waals surface area (Å²) in [7, 11) is 0. The molecule has 3 nitrogen and oxygen atoms in total. The van der Waals surface area contributed by atoms with Crippen LogP contribution in [0.5, 0.6) is 0 Å². The maximum atomic E-state index is 12.0. The molecule has 2 aromatic carbocycles. The number of hydrogen-bond acceptors (Lipinski definition) is 2. The molecule has 0 radical (unpaired) electrons. The van der Waals surface area contributed by atoms with Crippen molar-refractivity contribution in [1.29, 1.82) is 0 Å². The Morgan fingerprint density at radius 1 is 1.15 bits per heavy atom. The molecule has 1 amide bonds. The normalized spacial score (nSPS) is 10.3. The van der Waals surface area contributed by atoms with Gasteiger partial charge in [-0.15, -0.1) is 0 Å². The van der Waals surface area contributed by atoms with E-state index in [9.17, 15) is 4.79 Å². The fourth-order valence-electron chi connectivity index (χ4n) is 1.68. The lowest BCUT2D eigenvalue weighted by atomic mass is 10.1. The lowest BCUT2D eigenvalue weighted by Gasteiger charge is -2.07. The first kappa shape index (κ1) is 15.0. The third-order valence-corrected chi connectivity index (χ3v) is 4.05. The third-order valence-electron chi connectivity index (χ3n) is 2.84. The summed E-state index contributed by atoms with van der Waals surface area (Å²) in [5.41, 5.74) is 2.37. The van der Waals surface area contributed by atoms with E-state index in [4.69, 9.17) is 16.7 Å². The van der Waals surface area contributed by atoms with Crippen LogP contribution in [0.3, 0.4) is 0 Å². The molecule has 5 heteroatoms. The Labute approximate surface area is 130 Å². The van der Waals surface area contributed by atoms with E-state index in [1.165, 1.54) is 0 Å². The molecular formula is C15H13BrClNO2. The van der Waals surface area contributed by atoms with E-state index in [-0.39, 0.29) is 12.5 Å². The van der Waals surface area contributed by atoms with E-state index in [1.54, 1.807) is 18.2 Å². The molecule has 0 saturated carbocycles. The third kappa shape index (κ3) is 3.82. The summed E-state index contributed by atoms with van der Waals surface area (Å²) in [4.78, 5) is 12.0. The first-order valence-corrected chi connectivity index (χ1v) is 7.19. The number of rotatable bonds is 4. The van der Waals surface area contributed by atoms with Gasteiger partial charge in [0.15, 0.2) is 0 Å². The molecule has 20 heavy (non-hydrogen) atoms. The van der Waals surface area contributed by atoms with Gasteiger partial charge >= 0.3 is 0 Å². The average molecular weight is 355 g/mol. The second-order valence-electron chi connectivity index (χ2n) is 4.29. The van der Waals surface area contributed by atoms with Gasteiger partial charge in [0, 0.05) is 16.6 Å². The molecule has 0 aromatic heterocycles. The summed E-state index contributed by atoms with van der Waals surface area (Å²) in [6.45, 7) is 0.455. The molecule has 0 aliphatic rings. The zero-order valence-electron chi connectivity index (χ0n) is 10.6. The maximum absolute atomic E-state index is 12.0. The van der Waals surface area contributed by atoms with E-state index in [2.05, 4.69) is 21.2 Å². The Hall–Kier alpha value is -1.36. The zero-order valence-corrected chi connectivity index (χ0v) is 12.9. The Balaban J connectivity index is 1.98. The van der Waals surface area contributed by atoms with Gasteiger partial charge in [0.25, 0.3) is 5.91 Å².